The first-order chi connectivity index (χ1) is 10.1. The summed E-state index contributed by atoms with van der Waals surface area (Å²) in [6, 6.07) is 16.9. The second-order valence-electron chi connectivity index (χ2n) is 4.30. The van der Waals surface area contributed by atoms with Crippen molar-refractivity contribution in [2.24, 2.45) is 5.73 Å². The van der Waals surface area contributed by atoms with Crippen LogP contribution in [0.5, 0.6) is 0 Å². The topological polar surface area (TPSA) is 78.6 Å². The Kier molecular flexibility index (Phi) is 4.35. The molecule has 2 aromatic carbocycles. The molecule has 0 heterocycles. The highest BCUT2D eigenvalue weighted by molar-refractivity contribution is 6.02. The van der Waals surface area contributed by atoms with Crippen molar-refractivity contribution in [3.05, 3.63) is 71.8 Å². The third-order valence-electron chi connectivity index (χ3n) is 3.02. The van der Waals surface area contributed by atoms with Crippen LogP contribution in [0.4, 0.5) is 4.79 Å². The number of primary amides is 1. The van der Waals surface area contributed by atoms with E-state index in [1.807, 2.05) is 0 Å². The van der Waals surface area contributed by atoms with Gasteiger partial charge >= 0.3 is 11.9 Å². The lowest BCUT2D eigenvalue weighted by atomic mass is 9.96. The van der Waals surface area contributed by atoms with Crippen LogP contribution < -0.4 is 5.73 Å². The number of hydrogen-bond donors (Lipinski definition) is 1. The van der Waals surface area contributed by atoms with Crippen molar-refractivity contribution in [1.29, 1.82) is 0 Å². The Balaban J connectivity index is 2.55. The van der Waals surface area contributed by atoms with Gasteiger partial charge in [0.15, 0.2) is 0 Å². The van der Waals surface area contributed by atoms with Crippen LogP contribution in [0, 0.1) is 0 Å². The van der Waals surface area contributed by atoms with Gasteiger partial charge in [-0.05, 0) is 0 Å². The fraction of sp³-hybridized carbons (Fsp3) is 0.125. The van der Waals surface area contributed by atoms with Crippen molar-refractivity contribution >= 4 is 11.9 Å². The van der Waals surface area contributed by atoms with E-state index < -0.39 is 17.7 Å². The maximum Gasteiger partial charge on any atom is 0.407 e. The Labute approximate surface area is 122 Å². The van der Waals surface area contributed by atoms with E-state index in [4.69, 9.17) is 15.2 Å². The summed E-state index contributed by atoms with van der Waals surface area (Å²) in [6.45, 7) is 0. The lowest BCUT2D eigenvalue weighted by Crippen LogP contribution is -2.43. The number of methoxy groups -OCH3 is 1. The van der Waals surface area contributed by atoms with Crippen molar-refractivity contribution in [3.8, 4) is 0 Å². The van der Waals surface area contributed by atoms with Crippen molar-refractivity contribution in [1.82, 2.24) is 0 Å². The van der Waals surface area contributed by atoms with Crippen molar-refractivity contribution in [2.75, 3.05) is 7.11 Å². The first-order valence-electron chi connectivity index (χ1n) is 6.29. The number of rotatable bonds is 5. The lowest BCUT2D eigenvalue weighted by molar-refractivity contribution is -0.153. The molecule has 0 radical (unpaired) electrons. The van der Waals surface area contributed by atoms with Gasteiger partial charge in [0.25, 0.3) is 0 Å². The van der Waals surface area contributed by atoms with Crippen LogP contribution in [-0.2, 0) is 15.3 Å². The Morgan fingerprint density at radius 3 is 1.95 bits per heavy atom. The fourth-order valence-electron chi connectivity index (χ4n) is 2.07. The molecule has 0 bridgehead atoms. The lowest BCUT2D eigenvalue weighted by Gasteiger charge is -2.29. The summed E-state index contributed by atoms with van der Waals surface area (Å²) in [7, 11) is 1.29. The number of hydrogen-bond acceptors (Lipinski definition) is 4. The van der Waals surface area contributed by atoms with Crippen molar-refractivity contribution in [2.45, 2.75) is 5.79 Å². The zero-order valence-electron chi connectivity index (χ0n) is 11.5. The molecule has 0 fully saturated rings. The van der Waals surface area contributed by atoms with E-state index in [-0.39, 0.29) is 0 Å². The number of carbonyl (C=O) groups excluding carboxylic acids is 2. The molecule has 0 saturated carbocycles. The van der Waals surface area contributed by atoms with E-state index in [9.17, 15) is 9.59 Å². The molecule has 0 spiro atoms. The van der Waals surface area contributed by atoms with Crippen molar-refractivity contribution < 1.29 is 19.1 Å². The molecule has 108 valence electrons. The number of ether oxygens (including phenoxy) is 2. The normalized spacial score (nSPS) is 13.2. The molecule has 0 aliphatic carbocycles. The van der Waals surface area contributed by atoms with Crippen LogP contribution in [0.25, 0.3) is 0 Å². The number of Topliss-reactive ketones (excluding diaryl/α,β-unsaturated/α-hetero) is 1. The molecule has 0 aliphatic heterocycles. The number of ketones is 1. The van der Waals surface area contributed by atoms with Gasteiger partial charge < -0.3 is 15.2 Å². The molecule has 1 unspecified atom stereocenters. The molecule has 2 N–H and O–H groups in total. The highest BCUT2D eigenvalue weighted by Crippen LogP contribution is 2.31. The largest absolute Gasteiger partial charge is 0.407 e. The van der Waals surface area contributed by atoms with Gasteiger partial charge in [-0.25, -0.2) is 4.79 Å². The van der Waals surface area contributed by atoms with Crippen LogP contribution >= 0.6 is 0 Å². The minimum absolute atomic E-state index is 0.351. The SMILES string of the molecule is COC(OC(N)=O)(C(=O)c1ccccc1)c1ccccc1. The van der Waals surface area contributed by atoms with Gasteiger partial charge in [0.1, 0.15) is 0 Å². The molecule has 1 atom stereocenters. The third-order valence-corrected chi connectivity index (χ3v) is 3.02. The van der Waals surface area contributed by atoms with E-state index in [0.717, 1.165) is 0 Å². The average molecular weight is 285 g/mol. The van der Waals surface area contributed by atoms with Crippen LogP contribution in [0.2, 0.25) is 0 Å². The first kappa shape index (κ1) is 14.7. The Hall–Kier alpha value is -2.66. The van der Waals surface area contributed by atoms with Crippen LogP contribution in [0.1, 0.15) is 15.9 Å². The van der Waals surface area contributed by atoms with Gasteiger partial charge in [-0.1, -0.05) is 60.7 Å². The number of benzene rings is 2. The van der Waals surface area contributed by atoms with E-state index in [1.165, 1.54) is 7.11 Å². The molecule has 21 heavy (non-hydrogen) atoms. The second-order valence-corrected chi connectivity index (χ2v) is 4.30. The Morgan fingerprint density at radius 2 is 1.48 bits per heavy atom. The van der Waals surface area contributed by atoms with Gasteiger partial charge in [-0.3, -0.25) is 4.79 Å². The standard InChI is InChI=1S/C16H15NO4/c1-20-16(21-15(17)19,13-10-6-3-7-11-13)14(18)12-8-4-2-5-9-12/h2-11H,1H3,(H2,17,19). The number of carbonyl (C=O) groups is 2. The second kappa shape index (κ2) is 6.19. The van der Waals surface area contributed by atoms with E-state index in [0.29, 0.717) is 11.1 Å². The molecule has 0 aliphatic rings. The molecular weight excluding hydrogens is 270 g/mol. The van der Waals surface area contributed by atoms with E-state index >= 15 is 0 Å². The van der Waals surface area contributed by atoms with Crippen LogP contribution in [-0.4, -0.2) is 19.0 Å². The summed E-state index contributed by atoms with van der Waals surface area (Å²) < 4.78 is 10.3. The van der Waals surface area contributed by atoms with Gasteiger partial charge in [0, 0.05) is 18.2 Å². The van der Waals surface area contributed by atoms with Crippen molar-refractivity contribution in [3.63, 3.8) is 0 Å². The summed E-state index contributed by atoms with van der Waals surface area (Å²) in [4.78, 5) is 24.0. The molecule has 2 rings (SSSR count). The third kappa shape index (κ3) is 2.93. The molecule has 5 nitrogen and oxygen atoms in total. The summed E-state index contributed by atoms with van der Waals surface area (Å²) >= 11 is 0. The number of amides is 1. The van der Waals surface area contributed by atoms with Gasteiger partial charge in [0.05, 0.1) is 0 Å². The van der Waals surface area contributed by atoms with Gasteiger partial charge in [-0.15, -0.1) is 0 Å². The first-order valence-corrected chi connectivity index (χ1v) is 6.29. The zero-order chi connectivity index (χ0) is 15.3. The average Bonchev–Trinajstić information content (AvgIpc) is 2.53. The van der Waals surface area contributed by atoms with Crippen LogP contribution in [0.3, 0.4) is 0 Å². The molecule has 5 heteroatoms. The summed E-state index contributed by atoms with van der Waals surface area (Å²) in [5, 5.41) is 0. The molecule has 0 saturated heterocycles. The van der Waals surface area contributed by atoms with E-state index in [2.05, 4.69) is 0 Å². The zero-order valence-corrected chi connectivity index (χ0v) is 11.5. The molecule has 1 amide bonds. The van der Waals surface area contributed by atoms with Gasteiger partial charge in [0.2, 0.25) is 5.78 Å². The quantitative estimate of drug-likeness (QED) is 0.676. The molecule has 0 aromatic heterocycles. The molecular formula is C16H15NO4. The Morgan fingerprint density at radius 1 is 0.952 bits per heavy atom. The summed E-state index contributed by atoms with van der Waals surface area (Å²) in [6.07, 6.45) is -1.09. The predicted octanol–water partition coefficient (Wildman–Crippen LogP) is 2.46. The van der Waals surface area contributed by atoms with Gasteiger partial charge in [-0.2, -0.15) is 0 Å². The number of nitrogens with two attached hydrogens (primary N) is 1. The fourth-order valence-corrected chi connectivity index (χ4v) is 2.07. The van der Waals surface area contributed by atoms with Crippen LogP contribution in [0.15, 0.2) is 60.7 Å². The summed E-state index contributed by atoms with van der Waals surface area (Å²) in [5.74, 6) is -2.40. The highest BCUT2D eigenvalue weighted by atomic mass is 16.7. The smallest absolute Gasteiger partial charge is 0.404 e. The highest BCUT2D eigenvalue weighted by Gasteiger charge is 2.45. The maximum atomic E-state index is 12.8. The molecule has 2 aromatic rings. The Bertz CT molecular complexity index is 627. The maximum absolute atomic E-state index is 12.8. The predicted molar refractivity (Wildman–Crippen MR) is 76.6 cm³/mol. The minimum atomic E-state index is -1.89. The summed E-state index contributed by atoms with van der Waals surface area (Å²) in [5.41, 5.74) is 5.85. The minimum Gasteiger partial charge on any atom is -0.404 e. The van der Waals surface area contributed by atoms with E-state index in [1.54, 1.807) is 60.7 Å². The monoisotopic (exact) mass is 285 g/mol.